The van der Waals surface area contributed by atoms with Crippen LogP contribution in [-0.2, 0) is 14.4 Å². The number of carbonyl (C=O) groups excluding carboxylic acids is 2. The Balaban J connectivity index is 2.89. The van der Waals surface area contributed by atoms with Crippen LogP contribution < -0.4 is 5.32 Å². The van der Waals surface area contributed by atoms with Crippen LogP contribution in [0.15, 0.2) is 0 Å². The quantitative estimate of drug-likeness (QED) is 0.412. The molecule has 0 aromatic rings. The highest BCUT2D eigenvalue weighted by atomic mass is 16.4. The van der Waals surface area contributed by atoms with Crippen LogP contribution in [0.5, 0.6) is 0 Å². The van der Waals surface area contributed by atoms with Crippen molar-refractivity contribution in [3.63, 3.8) is 0 Å². The standard InChI is InChI=1S/C7H9NO4/c1-7(4(9)5(7)10)3(8-2)6(11)12/h3,8H,1-2H3,(H,11,12). The van der Waals surface area contributed by atoms with Gasteiger partial charge >= 0.3 is 5.97 Å². The number of rotatable bonds is 3. The summed E-state index contributed by atoms with van der Waals surface area (Å²) in [5, 5.41) is 11.0. The summed E-state index contributed by atoms with van der Waals surface area (Å²) in [6.07, 6.45) is 0. The number of Topliss-reactive ketones (excluding diaryl/α,β-unsaturated/α-hetero) is 2. The normalized spacial score (nSPS) is 22.2. The SMILES string of the molecule is CNC(C(=O)O)C1(C)C(=O)C1=O. The fourth-order valence-electron chi connectivity index (χ4n) is 1.25. The molecular formula is C7H9NO4. The second kappa shape index (κ2) is 2.38. The molecule has 1 rings (SSSR count). The second-order valence-electron chi connectivity index (χ2n) is 2.92. The van der Waals surface area contributed by atoms with Gasteiger partial charge in [-0.2, -0.15) is 0 Å². The number of carboxylic acids is 1. The van der Waals surface area contributed by atoms with Gasteiger partial charge in [0, 0.05) is 0 Å². The minimum Gasteiger partial charge on any atom is -0.480 e. The highest BCUT2D eigenvalue weighted by Gasteiger charge is 2.67. The lowest BCUT2D eigenvalue weighted by atomic mass is 9.99. The summed E-state index contributed by atoms with van der Waals surface area (Å²) in [6.45, 7) is 1.34. The molecule has 0 spiro atoms. The molecule has 0 saturated heterocycles. The molecule has 1 aliphatic rings. The summed E-state index contributed by atoms with van der Waals surface area (Å²) in [6, 6.07) is -1.10. The molecule has 1 aliphatic carbocycles. The molecule has 12 heavy (non-hydrogen) atoms. The van der Waals surface area contributed by atoms with Crippen molar-refractivity contribution in [2.24, 2.45) is 5.41 Å². The van der Waals surface area contributed by atoms with E-state index in [1.165, 1.54) is 14.0 Å². The molecule has 1 fully saturated rings. The van der Waals surface area contributed by atoms with Crippen LogP contribution in [0.4, 0.5) is 0 Å². The molecule has 0 aromatic carbocycles. The number of nitrogens with one attached hydrogen (secondary N) is 1. The molecule has 2 N–H and O–H groups in total. The van der Waals surface area contributed by atoms with E-state index < -0.39 is 29.0 Å². The summed E-state index contributed by atoms with van der Waals surface area (Å²) >= 11 is 0. The van der Waals surface area contributed by atoms with Crippen molar-refractivity contribution in [1.29, 1.82) is 0 Å². The van der Waals surface area contributed by atoms with Crippen LogP contribution in [-0.4, -0.2) is 35.7 Å². The van der Waals surface area contributed by atoms with Crippen LogP contribution in [0.3, 0.4) is 0 Å². The van der Waals surface area contributed by atoms with E-state index in [4.69, 9.17) is 5.11 Å². The van der Waals surface area contributed by atoms with Gasteiger partial charge in [0.25, 0.3) is 0 Å². The number of aliphatic carboxylic acids is 1. The molecule has 1 unspecified atom stereocenters. The van der Waals surface area contributed by atoms with Crippen molar-refractivity contribution < 1.29 is 19.5 Å². The van der Waals surface area contributed by atoms with E-state index in [-0.39, 0.29) is 0 Å². The van der Waals surface area contributed by atoms with E-state index in [0.717, 1.165) is 0 Å². The smallest absolute Gasteiger partial charge is 0.322 e. The Morgan fingerprint density at radius 3 is 2.00 bits per heavy atom. The summed E-state index contributed by atoms with van der Waals surface area (Å²) in [5.74, 6) is -2.40. The third kappa shape index (κ3) is 0.863. The first kappa shape index (κ1) is 8.86. The fourth-order valence-corrected chi connectivity index (χ4v) is 1.25. The van der Waals surface area contributed by atoms with Gasteiger partial charge in [-0.25, -0.2) is 0 Å². The summed E-state index contributed by atoms with van der Waals surface area (Å²) in [5.41, 5.74) is -1.33. The Kier molecular flexibility index (Phi) is 1.76. The van der Waals surface area contributed by atoms with Gasteiger partial charge in [0.2, 0.25) is 11.6 Å². The van der Waals surface area contributed by atoms with Crippen LogP contribution in [0.2, 0.25) is 0 Å². The van der Waals surface area contributed by atoms with Gasteiger partial charge in [0.1, 0.15) is 11.5 Å². The number of ketones is 2. The molecule has 66 valence electrons. The van der Waals surface area contributed by atoms with Crippen molar-refractivity contribution in [2.45, 2.75) is 13.0 Å². The summed E-state index contributed by atoms with van der Waals surface area (Å²) < 4.78 is 0. The minimum atomic E-state index is -1.33. The van der Waals surface area contributed by atoms with Gasteiger partial charge in [-0.3, -0.25) is 14.4 Å². The van der Waals surface area contributed by atoms with Crippen LogP contribution in [0, 0.1) is 5.41 Å². The van der Waals surface area contributed by atoms with Gasteiger partial charge < -0.3 is 10.4 Å². The van der Waals surface area contributed by atoms with E-state index in [2.05, 4.69) is 5.32 Å². The molecule has 0 aromatic heterocycles. The zero-order valence-corrected chi connectivity index (χ0v) is 6.75. The third-order valence-electron chi connectivity index (χ3n) is 2.20. The maximum absolute atomic E-state index is 10.8. The van der Waals surface area contributed by atoms with E-state index in [1.807, 2.05) is 0 Å². The van der Waals surface area contributed by atoms with E-state index in [1.54, 1.807) is 0 Å². The van der Waals surface area contributed by atoms with Crippen molar-refractivity contribution in [3.8, 4) is 0 Å². The average molecular weight is 171 g/mol. The Morgan fingerprint density at radius 1 is 1.50 bits per heavy atom. The lowest BCUT2D eigenvalue weighted by Gasteiger charge is -2.13. The number of carbonyl (C=O) groups is 3. The molecule has 1 atom stereocenters. The number of hydrogen-bond donors (Lipinski definition) is 2. The minimum absolute atomic E-state index is 0.607. The zero-order chi connectivity index (χ0) is 9.52. The molecule has 0 heterocycles. The molecule has 0 radical (unpaired) electrons. The molecule has 1 saturated carbocycles. The topological polar surface area (TPSA) is 83.5 Å². The predicted octanol–water partition coefficient (Wildman–Crippen LogP) is -1.18. The van der Waals surface area contributed by atoms with Gasteiger partial charge in [-0.1, -0.05) is 0 Å². The molecule has 0 amide bonds. The zero-order valence-electron chi connectivity index (χ0n) is 6.75. The second-order valence-corrected chi connectivity index (χ2v) is 2.92. The Morgan fingerprint density at radius 2 is 1.92 bits per heavy atom. The Labute approximate surface area is 68.8 Å². The van der Waals surface area contributed by atoms with E-state index >= 15 is 0 Å². The number of likely N-dealkylation sites (N-methyl/N-ethyl adjacent to an activating group) is 1. The number of carboxylic acid groups (broad SMARTS) is 1. The Bertz CT molecular complexity index is 257. The maximum atomic E-state index is 10.8. The highest BCUT2D eigenvalue weighted by Crippen LogP contribution is 2.39. The lowest BCUT2D eigenvalue weighted by molar-refractivity contribution is -0.142. The van der Waals surface area contributed by atoms with Gasteiger partial charge in [0.15, 0.2) is 0 Å². The van der Waals surface area contributed by atoms with Gasteiger partial charge in [-0.05, 0) is 14.0 Å². The summed E-state index contributed by atoms with van der Waals surface area (Å²) in [7, 11) is 1.41. The first-order valence-corrected chi connectivity index (χ1v) is 3.45. The average Bonchev–Trinajstić information content (AvgIpc) is 2.42. The van der Waals surface area contributed by atoms with E-state index in [9.17, 15) is 14.4 Å². The van der Waals surface area contributed by atoms with Crippen molar-refractivity contribution in [3.05, 3.63) is 0 Å². The number of hydrogen-bond acceptors (Lipinski definition) is 4. The summed E-state index contributed by atoms with van der Waals surface area (Å²) in [4.78, 5) is 32.1. The maximum Gasteiger partial charge on any atom is 0.322 e. The highest BCUT2D eigenvalue weighted by molar-refractivity contribution is 6.64. The molecular weight excluding hydrogens is 162 g/mol. The first-order valence-electron chi connectivity index (χ1n) is 3.45. The monoisotopic (exact) mass is 171 g/mol. The Hall–Kier alpha value is -1.23. The lowest BCUT2D eigenvalue weighted by Crippen LogP contribution is -2.42. The van der Waals surface area contributed by atoms with Crippen molar-refractivity contribution >= 4 is 17.5 Å². The van der Waals surface area contributed by atoms with Crippen LogP contribution >= 0.6 is 0 Å². The van der Waals surface area contributed by atoms with Crippen molar-refractivity contribution in [2.75, 3.05) is 7.05 Å². The fraction of sp³-hybridized carbons (Fsp3) is 0.571. The molecule has 0 bridgehead atoms. The van der Waals surface area contributed by atoms with Gasteiger partial charge in [-0.15, -0.1) is 0 Å². The largest absolute Gasteiger partial charge is 0.480 e. The first-order chi connectivity index (χ1) is 5.46. The van der Waals surface area contributed by atoms with Crippen molar-refractivity contribution in [1.82, 2.24) is 5.32 Å². The van der Waals surface area contributed by atoms with Crippen LogP contribution in [0.1, 0.15) is 6.92 Å². The molecule has 5 nitrogen and oxygen atoms in total. The molecule has 5 heteroatoms. The van der Waals surface area contributed by atoms with Gasteiger partial charge in [0.05, 0.1) is 0 Å². The predicted molar refractivity (Wildman–Crippen MR) is 38.6 cm³/mol. The molecule has 0 aliphatic heterocycles. The van der Waals surface area contributed by atoms with E-state index in [0.29, 0.717) is 0 Å². The van der Waals surface area contributed by atoms with Crippen LogP contribution in [0.25, 0.3) is 0 Å². The third-order valence-corrected chi connectivity index (χ3v) is 2.20.